The molecule has 0 fully saturated rings. The number of rotatable bonds is 6. The highest BCUT2D eigenvalue weighted by molar-refractivity contribution is 14.0. The minimum atomic E-state index is -0.360. The molecule has 0 radical (unpaired) electrons. The number of benzene rings is 2. The lowest BCUT2D eigenvalue weighted by Crippen LogP contribution is -2.38. The smallest absolute Gasteiger partial charge is 0.194 e. The van der Waals surface area contributed by atoms with Gasteiger partial charge in [-0.3, -0.25) is 0 Å². The summed E-state index contributed by atoms with van der Waals surface area (Å²) >= 11 is 0. The fourth-order valence-electron chi connectivity index (χ4n) is 2.47. The third kappa shape index (κ3) is 6.71. The molecule has 0 unspecified atom stereocenters. The van der Waals surface area contributed by atoms with Crippen molar-refractivity contribution in [1.82, 2.24) is 10.2 Å². The standard InChI is InChI=1S/C20H23FN4O.HI/c1-4-23-20(24-13-17-11-16(12-22)7-10-19(17)21)25(2)14-15-5-8-18(26-3)9-6-15;/h5-11H,4,13-14H2,1-3H3,(H,23,24);1H. The predicted molar refractivity (Wildman–Crippen MR) is 116 cm³/mol. The lowest BCUT2D eigenvalue weighted by molar-refractivity contribution is 0.414. The van der Waals surface area contributed by atoms with E-state index in [0.29, 0.717) is 30.2 Å². The van der Waals surface area contributed by atoms with Gasteiger partial charge in [0, 0.05) is 25.7 Å². The normalized spacial score (nSPS) is 10.6. The molecule has 27 heavy (non-hydrogen) atoms. The fourth-order valence-corrected chi connectivity index (χ4v) is 2.47. The molecular weight excluding hydrogens is 458 g/mol. The first-order valence-corrected chi connectivity index (χ1v) is 8.38. The number of nitrogens with zero attached hydrogens (tertiary/aromatic N) is 3. The molecule has 0 bridgehead atoms. The van der Waals surface area contributed by atoms with E-state index in [2.05, 4.69) is 10.3 Å². The van der Waals surface area contributed by atoms with Gasteiger partial charge in [0.05, 0.1) is 25.3 Å². The molecule has 7 heteroatoms. The molecule has 0 atom stereocenters. The first-order chi connectivity index (χ1) is 12.6. The monoisotopic (exact) mass is 482 g/mol. The number of ether oxygens (including phenoxy) is 1. The Morgan fingerprint density at radius 3 is 2.56 bits per heavy atom. The van der Waals surface area contributed by atoms with E-state index in [1.165, 1.54) is 18.2 Å². The van der Waals surface area contributed by atoms with E-state index in [1.807, 2.05) is 49.2 Å². The highest BCUT2D eigenvalue weighted by Gasteiger charge is 2.09. The summed E-state index contributed by atoms with van der Waals surface area (Å²) in [7, 11) is 3.56. The van der Waals surface area contributed by atoms with Crippen molar-refractivity contribution in [1.29, 1.82) is 5.26 Å². The molecule has 0 heterocycles. The van der Waals surface area contributed by atoms with Crippen LogP contribution >= 0.6 is 24.0 Å². The molecule has 2 aromatic carbocycles. The van der Waals surface area contributed by atoms with Gasteiger partial charge < -0.3 is 15.0 Å². The van der Waals surface area contributed by atoms with Gasteiger partial charge >= 0.3 is 0 Å². The molecule has 1 N–H and O–H groups in total. The van der Waals surface area contributed by atoms with Crippen LogP contribution in [0.3, 0.4) is 0 Å². The van der Waals surface area contributed by atoms with E-state index in [-0.39, 0.29) is 36.3 Å². The van der Waals surface area contributed by atoms with Gasteiger partial charge in [-0.2, -0.15) is 5.26 Å². The third-order valence-corrected chi connectivity index (χ3v) is 3.85. The van der Waals surface area contributed by atoms with Crippen molar-refractivity contribution in [3.05, 3.63) is 65.0 Å². The SMILES string of the molecule is CCNC(=NCc1cc(C#N)ccc1F)N(C)Cc1ccc(OC)cc1.I. The van der Waals surface area contributed by atoms with E-state index >= 15 is 0 Å². The summed E-state index contributed by atoms with van der Waals surface area (Å²) in [6.07, 6.45) is 0. The number of guanidine groups is 1. The fraction of sp³-hybridized carbons (Fsp3) is 0.300. The van der Waals surface area contributed by atoms with E-state index in [0.717, 1.165) is 11.3 Å². The lowest BCUT2D eigenvalue weighted by atomic mass is 10.1. The maximum absolute atomic E-state index is 13.9. The van der Waals surface area contributed by atoms with Crippen molar-refractivity contribution in [2.24, 2.45) is 4.99 Å². The zero-order valence-electron chi connectivity index (χ0n) is 15.7. The zero-order valence-corrected chi connectivity index (χ0v) is 18.0. The van der Waals surface area contributed by atoms with Gasteiger partial charge in [-0.15, -0.1) is 24.0 Å². The number of hydrogen-bond donors (Lipinski definition) is 1. The van der Waals surface area contributed by atoms with Crippen molar-refractivity contribution in [2.75, 3.05) is 20.7 Å². The molecule has 0 aliphatic rings. The minimum Gasteiger partial charge on any atom is -0.497 e. The summed E-state index contributed by atoms with van der Waals surface area (Å²) in [4.78, 5) is 6.48. The minimum absolute atomic E-state index is 0. The van der Waals surface area contributed by atoms with Crippen LogP contribution in [-0.4, -0.2) is 31.6 Å². The molecule has 5 nitrogen and oxygen atoms in total. The molecule has 0 aromatic heterocycles. The largest absolute Gasteiger partial charge is 0.497 e. The van der Waals surface area contributed by atoms with Crippen molar-refractivity contribution in [3.63, 3.8) is 0 Å². The van der Waals surface area contributed by atoms with Gasteiger partial charge in [0.2, 0.25) is 0 Å². The Kier molecular flexibility index (Phi) is 9.58. The molecule has 2 aromatic rings. The van der Waals surface area contributed by atoms with Gasteiger partial charge in [0.25, 0.3) is 0 Å². The Morgan fingerprint density at radius 1 is 1.26 bits per heavy atom. The summed E-state index contributed by atoms with van der Waals surface area (Å²) in [5, 5.41) is 12.2. The second kappa shape index (κ2) is 11.4. The van der Waals surface area contributed by atoms with Gasteiger partial charge in [-0.05, 0) is 42.8 Å². The second-order valence-electron chi connectivity index (χ2n) is 5.79. The Labute approximate surface area is 176 Å². The average Bonchev–Trinajstić information content (AvgIpc) is 2.66. The zero-order chi connectivity index (χ0) is 18.9. The van der Waals surface area contributed by atoms with Crippen LogP contribution in [0.4, 0.5) is 4.39 Å². The Morgan fingerprint density at radius 2 is 1.96 bits per heavy atom. The summed E-state index contributed by atoms with van der Waals surface area (Å²) in [6, 6.07) is 14.1. The molecule has 0 aliphatic heterocycles. The predicted octanol–water partition coefficient (Wildman–Crippen LogP) is 3.92. The number of hydrogen-bond acceptors (Lipinski definition) is 3. The number of nitriles is 1. The summed E-state index contributed by atoms with van der Waals surface area (Å²) in [5.74, 6) is 1.12. The van der Waals surface area contributed by atoms with Crippen molar-refractivity contribution >= 4 is 29.9 Å². The Balaban J connectivity index is 0.00000364. The molecule has 0 amide bonds. The van der Waals surface area contributed by atoms with Crippen molar-refractivity contribution in [3.8, 4) is 11.8 Å². The van der Waals surface area contributed by atoms with E-state index in [1.54, 1.807) is 7.11 Å². The van der Waals surface area contributed by atoms with E-state index in [4.69, 9.17) is 10.00 Å². The summed E-state index contributed by atoms with van der Waals surface area (Å²) in [6.45, 7) is 3.49. The van der Waals surface area contributed by atoms with Crippen molar-refractivity contribution in [2.45, 2.75) is 20.0 Å². The van der Waals surface area contributed by atoms with Crippen LogP contribution in [-0.2, 0) is 13.1 Å². The summed E-state index contributed by atoms with van der Waals surface area (Å²) < 4.78 is 19.1. The number of halogens is 2. The van der Waals surface area contributed by atoms with Crippen LogP contribution in [0.2, 0.25) is 0 Å². The van der Waals surface area contributed by atoms with Gasteiger partial charge in [-0.1, -0.05) is 12.1 Å². The number of methoxy groups -OCH3 is 1. The van der Waals surface area contributed by atoms with Crippen LogP contribution in [0.15, 0.2) is 47.5 Å². The van der Waals surface area contributed by atoms with E-state index < -0.39 is 0 Å². The highest BCUT2D eigenvalue weighted by Crippen LogP contribution is 2.14. The second-order valence-corrected chi connectivity index (χ2v) is 5.79. The highest BCUT2D eigenvalue weighted by atomic mass is 127. The molecule has 0 aliphatic carbocycles. The van der Waals surface area contributed by atoms with Gasteiger partial charge in [0.1, 0.15) is 11.6 Å². The topological polar surface area (TPSA) is 60.7 Å². The molecule has 2 rings (SSSR count). The molecule has 144 valence electrons. The lowest BCUT2D eigenvalue weighted by Gasteiger charge is -2.22. The Hall–Kier alpha value is -2.34. The number of aliphatic imine (C=N–C) groups is 1. The summed E-state index contributed by atoms with van der Waals surface area (Å²) in [5.41, 5.74) is 1.93. The molecular formula is C20H24FIN4O. The quantitative estimate of drug-likeness (QED) is 0.385. The Bertz CT molecular complexity index is 803. The van der Waals surface area contributed by atoms with E-state index in [9.17, 15) is 4.39 Å². The van der Waals surface area contributed by atoms with Crippen LogP contribution in [0.25, 0.3) is 0 Å². The number of nitrogens with one attached hydrogen (secondary N) is 1. The van der Waals surface area contributed by atoms with Gasteiger partial charge in [0.15, 0.2) is 5.96 Å². The third-order valence-electron chi connectivity index (χ3n) is 3.85. The van der Waals surface area contributed by atoms with Crippen LogP contribution in [0.5, 0.6) is 5.75 Å². The maximum atomic E-state index is 13.9. The van der Waals surface area contributed by atoms with Crippen LogP contribution in [0, 0.1) is 17.1 Å². The maximum Gasteiger partial charge on any atom is 0.194 e. The first kappa shape index (κ1) is 22.7. The molecule has 0 saturated heterocycles. The van der Waals surface area contributed by atoms with Crippen LogP contribution < -0.4 is 10.1 Å². The molecule has 0 saturated carbocycles. The van der Waals surface area contributed by atoms with Gasteiger partial charge in [-0.25, -0.2) is 9.38 Å². The first-order valence-electron chi connectivity index (χ1n) is 8.38. The van der Waals surface area contributed by atoms with Crippen molar-refractivity contribution < 1.29 is 9.13 Å². The average molecular weight is 482 g/mol. The molecule has 0 spiro atoms. The van der Waals surface area contributed by atoms with Crippen LogP contribution in [0.1, 0.15) is 23.6 Å².